The van der Waals surface area contributed by atoms with Gasteiger partial charge in [-0.05, 0) is 54.2 Å². The van der Waals surface area contributed by atoms with Crippen LogP contribution < -0.4 is 9.47 Å². The van der Waals surface area contributed by atoms with Crippen molar-refractivity contribution in [2.75, 3.05) is 20.3 Å². The summed E-state index contributed by atoms with van der Waals surface area (Å²) in [5.74, 6) is 0.173. The Morgan fingerprint density at radius 2 is 2.13 bits per heavy atom. The molecule has 0 radical (unpaired) electrons. The van der Waals surface area contributed by atoms with Crippen LogP contribution in [0.4, 0.5) is 0 Å². The van der Waals surface area contributed by atoms with E-state index >= 15 is 0 Å². The summed E-state index contributed by atoms with van der Waals surface area (Å²) in [4.78, 5) is 27.8. The highest BCUT2D eigenvalue weighted by atomic mass is 16.5. The molecular weight excluding hydrogens is 396 g/mol. The van der Waals surface area contributed by atoms with Crippen molar-refractivity contribution in [3.8, 4) is 11.5 Å². The van der Waals surface area contributed by atoms with Crippen molar-refractivity contribution >= 4 is 23.3 Å². The molecule has 0 bridgehead atoms. The van der Waals surface area contributed by atoms with Crippen LogP contribution in [0, 0.1) is 0 Å². The van der Waals surface area contributed by atoms with Crippen LogP contribution in [0.25, 0.3) is 10.9 Å². The molecule has 1 unspecified atom stereocenters. The van der Waals surface area contributed by atoms with E-state index in [4.69, 9.17) is 14.6 Å². The number of nitrogens with zero attached hydrogens (tertiary/aromatic N) is 1. The number of ether oxygens (including phenoxy) is 2. The van der Waals surface area contributed by atoms with E-state index in [1.807, 2.05) is 35.4 Å². The number of carboxylic acids is 1. The number of carbonyl (C=O) groups is 2. The normalized spacial score (nSPS) is 15.5. The summed E-state index contributed by atoms with van der Waals surface area (Å²) >= 11 is 0. The Labute approximate surface area is 180 Å². The maximum Gasteiger partial charge on any atom is 0.306 e. The summed E-state index contributed by atoms with van der Waals surface area (Å²) < 4.78 is 11.2. The first-order valence-corrected chi connectivity index (χ1v) is 10.4. The molecule has 31 heavy (non-hydrogen) atoms. The Kier molecular flexibility index (Phi) is 6.11. The number of para-hydroxylation sites is 1. The van der Waals surface area contributed by atoms with Crippen LogP contribution in [-0.4, -0.2) is 47.6 Å². The maximum absolute atomic E-state index is 11.8. The van der Waals surface area contributed by atoms with Crippen molar-refractivity contribution < 1.29 is 24.2 Å². The molecule has 0 spiro atoms. The van der Waals surface area contributed by atoms with Gasteiger partial charge >= 0.3 is 5.97 Å². The number of carboxylic acid groups (broad SMARTS) is 1. The third-order valence-corrected chi connectivity index (χ3v) is 5.90. The molecule has 1 aromatic heterocycles. The number of carbonyl (C=O) groups excluding carboxylic acids is 1. The number of amides is 1. The number of aliphatic carboxylic acids is 1. The first kappa shape index (κ1) is 20.8. The second-order valence-corrected chi connectivity index (χ2v) is 7.70. The van der Waals surface area contributed by atoms with Gasteiger partial charge in [0, 0.05) is 23.6 Å². The topological polar surface area (TPSA) is 91.9 Å². The van der Waals surface area contributed by atoms with Crippen LogP contribution in [0.5, 0.6) is 11.5 Å². The zero-order chi connectivity index (χ0) is 21.8. The van der Waals surface area contributed by atoms with E-state index in [0.29, 0.717) is 18.0 Å². The zero-order valence-corrected chi connectivity index (χ0v) is 17.5. The predicted octanol–water partition coefficient (Wildman–Crippen LogP) is 3.72. The quantitative estimate of drug-likeness (QED) is 0.513. The Bertz CT molecular complexity index is 1090. The van der Waals surface area contributed by atoms with E-state index in [9.17, 15) is 9.59 Å². The van der Waals surface area contributed by atoms with Gasteiger partial charge in [0.15, 0.2) is 11.5 Å². The van der Waals surface area contributed by atoms with Gasteiger partial charge in [0.25, 0.3) is 0 Å². The molecule has 1 atom stereocenters. The van der Waals surface area contributed by atoms with Gasteiger partial charge in [-0.15, -0.1) is 0 Å². The maximum atomic E-state index is 11.8. The fourth-order valence-corrected chi connectivity index (χ4v) is 4.33. The number of nitrogens with one attached hydrogen (secondary N) is 1. The van der Waals surface area contributed by atoms with Gasteiger partial charge in [-0.1, -0.05) is 18.2 Å². The first-order valence-electron chi connectivity index (χ1n) is 10.4. The van der Waals surface area contributed by atoms with Crippen molar-refractivity contribution in [3.63, 3.8) is 0 Å². The fraction of sp³-hybridized carbons (Fsp3) is 0.333. The van der Waals surface area contributed by atoms with Gasteiger partial charge in [0.2, 0.25) is 6.41 Å². The van der Waals surface area contributed by atoms with Crippen LogP contribution in [0.15, 0.2) is 42.6 Å². The summed E-state index contributed by atoms with van der Waals surface area (Å²) in [6.07, 6.45) is 5.19. The molecule has 1 amide bonds. The molecule has 1 aliphatic heterocycles. The summed E-state index contributed by atoms with van der Waals surface area (Å²) in [6.45, 7) is 0.708. The second kappa shape index (κ2) is 9.12. The third-order valence-electron chi connectivity index (χ3n) is 5.90. The molecule has 1 aliphatic rings. The molecule has 162 valence electrons. The Morgan fingerprint density at radius 1 is 1.29 bits per heavy atom. The van der Waals surface area contributed by atoms with E-state index in [-0.39, 0.29) is 19.1 Å². The minimum absolute atomic E-state index is 0.0574. The van der Waals surface area contributed by atoms with Crippen LogP contribution in [0.3, 0.4) is 0 Å². The highest BCUT2D eigenvalue weighted by Gasteiger charge is 2.28. The molecule has 0 saturated carbocycles. The van der Waals surface area contributed by atoms with Gasteiger partial charge < -0.3 is 24.5 Å². The summed E-state index contributed by atoms with van der Waals surface area (Å²) in [6, 6.07) is 12.0. The van der Waals surface area contributed by atoms with Crippen molar-refractivity contribution in [2.45, 2.75) is 31.7 Å². The lowest BCUT2D eigenvalue weighted by atomic mass is 9.88. The highest BCUT2D eigenvalue weighted by Crippen LogP contribution is 2.40. The number of benzene rings is 2. The van der Waals surface area contributed by atoms with Crippen molar-refractivity contribution in [1.29, 1.82) is 0 Å². The average molecular weight is 422 g/mol. The summed E-state index contributed by atoms with van der Waals surface area (Å²) in [5, 5.41) is 10.1. The zero-order valence-electron chi connectivity index (χ0n) is 17.5. The molecule has 7 heteroatoms. The number of hydrogen-bond acceptors (Lipinski definition) is 4. The molecule has 0 saturated heterocycles. The second-order valence-electron chi connectivity index (χ2n) is 7.70. The van der Waals surface area contributed by atoms with E-state index < -0.39 is 5.97 Å². The number of aromatic amines is 1. The van der Waals surface area contributed by atoms with Crippen LogP contribution >= 0.6 is 0 Å². The minimum Gasteiger partial charge on any atom is -0.493 e. The van der Waals surface area contributed by atoms with Crippen LogP contribution in [0.2, 0.25) is 0 Å². The summed E-state index contributed by atoms with van der Waals surface area (Å²) in [5.41, 5.74) is 4.49. The van der Waals surface area contributed by atoms with E-state index in [2.05, 4.69) is 17.1 Å². The average Bonchev–Trinajstić information content (AvgIpc) is 3.19. The van der Waals surface area contributed by atoms with Crippen LogP contribution in [0.1, 0.15) is 35.6 Å². The van der Waals surface area contributed by atoms with E-state index in [1.54, 1.807) is 7.11 Å². The summed E-state index contributed by atoms with van der Waals surface area (Å²) in [7, 11) is 1.57. The van der Waals surface area contributed by atoms with Gasteiger partial charge in [0.05, 0.1) is 26.2 Å². The monoisotopic (exact) mass is 422 g/mol. The van der Waals surface area contributed by atoms with Gasteiger partial charge in [-0.2, -0.15) is 0 Å². The molecule has 0 aliphatic carbocycles. The molecule has 2 heterocycles. The van der Waals surface area contributed by atoms with E-state index in [0.717, 1.165) is 42.3 Å². The van der Waals surface area contributed by atoms with Gasteiger partial charge in [-0.25, -0.2) is 0 Å². The molecule has 2 N–H and O–H groups in total. The largest absolute Gasteiger partial charge is 0.493 e. The standard InChI is InChI=1S/C24H26N2O5/c1-30-22-12-16-8-10-26(15-27)21(19(16)13-23(22)31-11-9-24(28)29)7-6-17-14-25-20-5-3-2-4-18(17)20/h2-5,12-15,21,25H,6-11H2,1H3,(H,28,29). The smallest absolute Gasteiger partial charge is 0.306 e. The number of aryl methyl sites for hydroxylation is 1. The number of aromatic nitrogens is 1. The van der Waals surface area contributed by atoms with Crippen molar-refractivity contribution in [3.05, 3.63) is 59.3 Å². The molecule has 0 fully saturated rings. The molecule has 3 aromatic rings. The van der Waals surface area contributed by atoms with Crippen molar-refractivity contribution in [1.82, 2.24) is 9.88 Å². The lowest BCUT2D eigenvalue weighted by Crippen LogP contribution is -2.34. The Morgan fingerprint density at radius 3 is 2.90 bits per heavy atom. The highest BCUT2D eigenvalue weighted by molar-refractivity contribution is 5.83. The number of methoxy groups -OCH3 is 1. The first-order chi connectivity index (χ1) is 15.1. The Balaban J connectivity index is 1.61. The van der Waals surface area contributed by atoms with Crippen LogP contribution in [-0.2, 0) is 22.4 Å². The minimum atomic E-state index is -0.916. The lowest BCUT2D eigenvalue weighted by molar-refractivity contribution is -0.137. The predicted molar refractivity (Wildman–Crippen MR) is 117 cm³/mol. The van der Waals surface area contributed by atoms with E-state index in [1.165, 1.54) is 10.9 Å². The number of fused-ring (bicyclic) bond motifs is 2. The fourth-order valence-electron chi connectivity index (χ4n) is 4.33. The molecule has 7 nitrogen and oxygen atoms in total. The Hall–Kier alpha value is -3.48. The molecule has 4 rings (SSSR count). The number of hydrogen-bond donors (Lipinski definition) is 2. The molecular formula is C24H26N2O5. The van der Waals surface area contributed by atoms with Crippen molar-refractivity contribution in [2.24, 2.45) is 0 Å². The SMILES string of the molecule is COc1cc2c(cc1OCCC(=O)O)C(CCc1c[nH]c3ccccc13)N(C=O)CC2. The third kappa shape index (κ3) is 4.35. The molecule has 2 aromatic carbocycles. The number of rotatable bonds is 9. The lowest BCUT2D eigenvalue weighted by Gasteiger charge is -2.35. The number of H-pyrrole nitrogens is 1. The van der Waals surface area contributed by atoms with Gasteiger partial charge in [0.1, 0.15) is 0 Å². The van der Waals surface area contributed by atoms with Gasteiger partial charge in [-0.3, -0.25) is 9.59 Å².